The number of piperidine rings is 1. The Bertz CT molecular complexity index is 529. The average Bonchev–Trinajstić information content (AvgIpc) is 2.82. The second kappa shape index (κ2) is 5.29. The monoisotopic (exact) mass is 263 g/mol. The van der Waals surface area contributed by atoms with Crippen molar-refractivity contribution in [2.24, 2.45) is 0 Å². The molecule has 0 unspecified atom stereocenters. The van der Waals surface area contributed by atoms with Crippen molar-refractivity contribution in [3.8, 4) is 0 Å². The van der Waals surface area contributed by atoms with Crippen LogP contribution in [0.2, 0.25) is 5.15 Å². The minimum absolute atomic E-state index is 0.726. The summed E-state index contributed by atoms with van der Waals surface area (Å²) in [4.78, 5) is 7.15. The van der Waals surface area contributed by atoms with E-state index in [-0.39, 0.29) is 0 Å². The molecule has 0 saturated carbocycles. The van der Waals surface area contributed by atoms with E-state index in [2.05, 4.69) is 16.1 Å². The largest absolute Gasteiger partial charge is 0.303 e. The third kappa shape index (κ3) is 2.52. The van der Waals surface area contributed by atoms with Crippen LogP contribution in [0.4, 0.5) is 0 Å². The highest BCUT2D eigenvalue weighted by Gasteiger charge is 2.11. The summed E-state index contributed by atoms with van der Waals surface area (Å²) in [6.07, 6.45) is 7.15. The molecule has 1 saturated heterocycles. The van der Waals surface area contributed by atoms with Crippen molar-refractivity contribution < 1.29 is 0 Å². The normalized spacial score (nSPS) is 17.4. The van der Waals surface area contributed by atoms with Gasteiger partial charge in [-0.05, 0) is 38.1 Å². The summed E-state index contributed by atoms with van der Waals surface area (Å²) in [5, 5.41) is 0.726. The lowest BCUT2D eigenvalue weighted by Gasteiger charge is -2.25. The quantitative estimate of drug-likeness (QED) is 0.794. The third-order valence-corrected chi connectivity index (χ3v) is 3.93. The lowest BCUT2D eigenvalue weighted by Crippen LogP contribution is -2.31. The van der Waals surface area contributed by atoms with E-state index in [1.165, 1.54) is 32.4 Å². The third-order valence-electron chi connectivity index (χ3n) is 3.63. The highest BCUT2D eigenvalue weighted by molar-refractivity contribution is 6.29. The predicted molar refractivity (Wildman–Crippen MR) is 74.2 cm³/mol. The Morgan fingerprint density at radius 3 is 2.78 bits per heavy atom. The van der Waals surface area contributed by atoms with E-state index >= 15 is 0 Å². The molecule has 18 heavy (non-hydrogen) atoms. The van der Waals surface area contributed by atoms with Crippen LogP contribution in [0.15, 0.2) is 24.4 Å². The fraction of sp³-hybridized carbons (Fsp3) is 0.500. The van der Waals surface area contributed by atoms with Crippen LogP contribution >= 0.6 is 11.6 Å². The number of hydrogen-bond acceptors (Lipinski definition) is 2. The first kappa shape index (κ1) is 12.0. The molecule has 1 fully saturated rings. The number of rotatable bonds is 3. The van der Waals surface area contributed by atoms with E-state index in [0.717, 1.165) is 29.5 Å². The number of fused-ring (bicyclic) bond motifs is 1. The van der Waals surface area contributed by atoms with Crippen molar-refractivity contribution in [2.45, 2.75) is 25.7 Å². The van der Waals surface area contributed by atoms with Crippen molar-refractivity contribution in [1.82, 2.24) is 14.3 Å². The second-order valence-electron chi connectivity index (χ2n) is 4.96. The van der Waals surface area contributed by atoms with Gasteiger partial charge >= 0.3 is 0 Å². The summed E-state index contributed by atoms with van der Waals surface area (Å²) in [7, 11) is 0. The maximum atomic E-state index is 6.13. The van der Waals surface area contributed by atoms with Gasteiger partial charge in [-0.2, -0.15) is 0 Å². The molecule has 0 bridgehead atoms. The highest BCUT2D eigenvalue weighted by Crippen LogP contribution is 2.14. The topological polar surface area (TPSA) is 20.5 Å². The van der Waals surface area contributed by atoms with Crippen LogP contribution in [0.25, 0.3) is 5.65 Å². The number of pyridine rings is 1. The summed E-state index contributed by atoms with van der Waals surface area (Å²) in [5.74, 6) is 0. The first-order valence-electron chi connectivity index (χ1n) is 6.68. The number of nitrogens with zero attached hydrogens (tertiary/aromatic N) is 3. The van der Waals surface area contributed by atoms with Crippen LogP contribution in [0, 0.1) is 0 Å². The first-order chi connectivity index (χ1) is 8.83. The van der Waals surface area contributed by atoms with Crippen LogP contribution < -0.4 is 0 Å². The fourth-order valence-electron chi connectivity index (χ4n) is 2.60. The fourth-order valence-corrected chi connectivity index (χ4v) is 2.81. The molecule has 0 amide bonds. The second-order valence-corrected chi connectivity index (χ2v) is 5.35. The van der Waals surface area contributed by atoms with Crippen LogP contribution in [0.3, 0.4) is 0 Å². The molecule has 0 radical (unpaired) electrons. The van der Waals surface area contributed by atoms with Gasteiger partial charge in [-0.1, -0.05) is 24.1 Å². The maximum Gasteiger partial charge on any atom is 0.138 e. The molecule has 1 aliphatic rings. The molecule has 3 rings (SSSR count). The summed E-state index contributed by atoms with van der Waals surface area (Å²) in [6, 6.07) is 5.83. The van der Waals surface area contributed by atoms with Crippen molar-refractivity contribution in [3.63, 3.8) is 0 Å². The number of aromatic nitrogens is 2. The van der Waals surface area contributed by atoms with E-state index in [1.807, 2.05) is 22.6 Å². The van der Waals surface area contributed by atoms with Gasteiger partial charge in [0.1, 0.15) is 10.8 Å². The van der Waals surface area contributed by atoms with Gasteiger partial charge in [-0.25, -0.2) is 4.98 Å². The summed E-state index contributed by atoms with van der Waals surface area (Å²) in [6.45, 7) is 3.60. The van der Waals surface area contributed by atoms with Gasteiger partial charge in [0.15, 0.2) is 0 Å². The molecule has 2 aromatic heterocycles. The lowest BCUT2D eigenvalue weighted by atomic mass is 10.1. The van der Waals surface area contributed by atoms with E-state index in [1.54, 1.807) is 0 Å². The molecule has 3 nitrogen and oxygen atoms in total. The number of imidazole rings is 1. The zero-order valence-electron chi connectivity index (χ0n) is 10.5. The Kier molecular flexibility index (Phi) is 3.52. The van der Waals surface area contributed by atoms with Crippen molar-refractivity contribution in [1.29, 1.82) is 0 Å². The lowest BCUT2D eigenvalue weighted by molar-refractivity contribution is 0.231. The SMILES string of the molecule is Clc1cccc2nc(CCN3CCCCC3)cn12. The molecule has 3 heterocycles. The van der Waals surface area contributed by atoms with Gasteiger partial charge in [0.05, 0.1) is 5.69 Å². The maximum absolute atomic E-state index is 6.13. The zero-order valence-corrected chi connectivity index (χ0v) is 11.2. The number of hydrogen-bond donors (Lipinski definition) is 0. The van der Waals surface area contributed by atoms with Gasteiger partial charge in [0, 0.05) is 19.2 Å². The molecule has 0 atom stereocenters. The molecule has 0 aromatic carbocycles. The molecule has 96 valence electrons. The molecule has 0 spiro atoms. The Morgan fingerprint density at radius 1 is 1.17 bits per heavy atom. The molecule has 0 aliphatic carbocycles. The Labute approximate surface area is 112 Å². The molecule has 0 N–H and O–H groups in total. The van der Waals surface area contributed by atoms with Crippen LogP contribution in [-0.2, 0) is 6.42 Å². The first-order valence-corrected chi connectivity index (χ1v) is 7.05. The average molecular weight is 264 g/mol. The Balaban J connectivity index is 1.69. The van der Waals surface area contributed by atoms with Crippen LogP contribution in [0.5, 0.6) is 0 Å². The Hall–Kier alpha value is -1.06. The van der Waals surface area contributed by atoms with E-state index < -0.39 is 0 Å². The molecular weight excluding hydrogens is 246 g/mol. The standard InChI is InChI=1S/C14H18ClN3/c15-13-5-4-6-14-16-12(11-18(13)14)7-10-17-8-2-1-3-9-17/h4-6,11H,1-3,7-10H2. The summed E-state index contributed by atoms with van der Waals surface area (Å²) >= 11 is 6.13. The van der Waals surface area contributed by atoms with Crippen LogP contribution in [0.1, 0.15) is 25.0 Å². The van der Waals surface area contributed by atoms with Crippen molar-refractivity contribution in [3.05, 3.63) is 35.2 Å². The number of halogens is 1. The van der Waals surface area contributed by atoms with Gasteiger partial charge in [0.25, 0.3) is 0 Å². The molecule has 1 aliphatic heterocycles. The van der Waals surface area contributed by atoms with E-state index in [9.17, 15) is 0 Å². The minimum atomic E-state index is 0.726. The predicted octanol–water partition coefficient (Wildman–Crippen LogP) is 3.02. The van der Waals surface area contributed by atoms with Crippen molar-refractivity contribution >= 4 is 17.2 Å². The molecule has 2 aromatic rings. The van der Waals surface area contributed by atoms with Crippen LogP contribution in [-0.4, -0.2) is 33.9 Å². The summed E-state index contributed by atoms with van der Waals surface area (Å²) < 4.78 is 1.95. The smallest absolute Gasteiger partial charge is 0.138 e. The van der Waals surface area contributed by atoms with Gasteiger partial charge < -0.3 is 4.90 Å². The van der Waals surface area contributed by atoms with E-state index in [0.29, 0.717) is 0 Å². The highest BCUT2D eigenvalue weighted by atomic mass is 35.5. The minimum Gasteiger partial charge on any atom is -0.303 e. The summed E-state index contributed by atoms with van der Waals surface area (Å²) in [5.41, 5.74) is 2.07. The molecule has 4 heteroatoms. The zero-order chi connectivity index (χ0) is 12.4. The number of likely N-dealkylation sites (tertiary alicyclic amines) is 1. The van der Waals surface area contributed by atoms with Crippen molar-refractivity contribution in [2.75, 3.05) is 19.6 Å². The Morgan fingerprint density at radius 2 is 2.00 bits per heavy atom. The molecular formula is C14H18ClN3. The van der Waals surface area contributed by atoms with Gasteiger partial charge in [-0.3, -0.25) is 4.40 Å². The van der Waals surface area contributed by atoms with Gasteiger partial charge in [-0.15, -0.1) is 0 Å². The van der Waals surface area contributed by atoms with E-state index in [4.69, 9.17) is 11.6 Å². The van der Waals surface area contributed by atoms with Gasteiger partial charge in [0.2, 0.25) is 0 Å².